The van der Waals surface area contributed by atoms with Gasteiger partial charge in [-0.2, -0.15) is 0 Å². The Morgan fingerprint density at radius 3 is 2.25 bits per heavy atom. The van der Waals surface area contributed by atoms with Crippen LogP contribution >= 0.6 is 0 Å². The summed E-state index contributed by atoms with van der Waals surface area (Å²) in [5.41, 5.74) is 5.91. The van der Waals surface area contributed by atoms with Gasteiger partial charge in [0.15, 0.2) is 0 Å². The monoisotopic (exact) mass is 284 g/mol. The zero-order chi connectivity index (χ0) is 15.3. The number of nitrogens with zero attached hydrogens (tertiary/aromatic N) is 1. The van der Waals surface area contributed by atoms with Crippen molar-refractivity contribution in [3.63, 3.8) is 0 Å². The molecule has 4 nitrogen and oxygen atoms in total. The molecule has 1 heterocycles. The van der Waals surface area contributed by atoms with Crippen LogP contribution in [0, 0.1) is 11.3 Å². The number of ether oxygens (including phenoxy) is 1. The molecule has 0 aromatic carbocycles. The minimum absolute atomic E-state index is 0.144. The molecule has 0 radical (unpaired) electrons. The second kappa shape index (κ2) is 7.41. The summed E-state index contributed by atoms with van der Waals surface area (Å²) in [5, 5.41) is 0. The number of nitrogens with two attached hydrogens (primary N) is 1. The van der Waals surface area contributed by atoms with Gasteiger partial charge in [-0.1, -0.05) is 20.8 Å². The Morgan fingerprint density at radius 2 is 1.80 bits per heavy atom. The molecule has 1 rings (SSSR count). The predicted molar refractivity (Wildman–Crippen MR) is 82.4 cm³/mol. The molecule has 1 amide bonds. The normalized spacial score (nSPS) is 25.6. The van der Waals surface area contributed by atoms with Crippen LogP contribution in [0.3, 0.4) is 0 Å². The third kappa shape index (κ3) is 5.41. The van der Waals surface area contributed by atoms with Gasteiger partial charge in [0, 0.05) is 19.5 Å². The highest BCUT2D eigenvalue weighted by molar-refractivity contribution is 5.76. The molecular weight excluding hydrogens is 252 g/mol. The number of rotatable bonds is 5. The first-order chi connectivity index (χ1) is 9.24. The van der Waals surface area contributed by atoms with E-state index in [-0.39, 0.29) is 23.5 Å². The average molecular weight is 284 g/mol. The number of hydrogen-bond acceptors (Lipinski definition) is 3. The van der Waals surface area contributed by atoms with Gasteiger partial charge >= 0.3 is 0 Å². The largest absolute Gasteiger partial charge is 0.372 e. The molecule has 0 aromatic rings. The fourth-order valence-electron chi connectivity index (χ4n) is 3.05. The summed E-state index contributed by atoms with van der Waals surface area (Å²) in [4.78, 5) is 14.3. The van der Waals surface area contributed by atoms with E-state index in [9.17, 15) is 4.79 Å². The fourth-order valence-corrected chi connectivity index (χ4v) is 3.05. The van der Waals surface area contributed by atoms with E-state index in [4.69, 9.17) is 10.5 Å². The molecule has 20 heavy (non-hydrogen) atoms. The molecule has 1 fully saturated rings. The van der Waals surface area contributed by atoms with Gasteiger partial charge in [-0.3, -0.25) is 4.79 Å². The summed E-state index contributed by atoms with van der Waals surface area (Å²) in [5.74, 6) is 0.769. The van der Waals surface area contributed by atoms with Crippen LogP contribution in [-0.4, -0.2) is 42.6 Å². The standard InChI is InChI=1S/C16H32N2O2/c1-12-10-18(11-13(2)20-12)15(19)7-6-14(8-9-17)16(3,4)5/h12-14H,6-11,17H2,1-5H3/t12-,13+,14?. The Kier molecular flexibility index (Phi) is 6.46. The Hall–Kier alpha value is -0.610. The van der Waals surface area contributed by atoms with Crippen LogP contribution in [0.25, 0.3) is 0 Å². The van der Waals surface area contributed by atoms with Crippen molar-refractivity contribution in [2.45, 2.75) is 66.1 Å². The topological polar surface area (TPSA) is 55.6 Å². The molecule has 4 heteroatoms. The average Bonchev–Trinajstić information content (AvgIpc) is 2.31. The maximum absolute atomic E-state index is 12.4. The Labute approximate surface area is 124 Å². The van der Waals surface area contributed by atoms with Crippen molar-refractivity contribution in [1.29, 1.82) is 0 Å². The van der Waals surface area contributed by atoms with Gasteiger partial charge in [0.25, 0.3) is 0 Å². The predicted octanol–water partition coefficient (Wildman–Crippen LogP) is 2.41. The van der Waals surface area contributed by atoms with E-state index in [1.54, 1.807) is 0 Å². The van der Waals surface area contributed by atoms with Crippen molar-refractivity contribution >= 4 is 5.91 Å². The SMILES string of the molecule is C[C@@H]1CN(C(=O)CCC(CCN)C(C)(C)C)C[C@H](C)O1. The number of hydrogen-bond donors (Lipinski definition) is 1. The Morgan fingerprint density at radius 1 is 1.25 bits per heavy atom. The zero-order valence-corrected chi connectivity index (χ0v) is 13.8. The minimum Gasteiger partial charge on any atom is -0.372 e. The first-order valence-corrected chi connectivity index (χ1v) is 7.87. The number of carbonyl (C=O) groups excluding carboxylic acids is 1. The summed E-state index contributed by atoms with van der Waals surface area (Å²) in [7, 11) is 0. The van der Waals surface area contributed by atoms with Crippen LogP contribution in [0.2, 0.25) is 0 Å². The van der Waals surface area contributed by atoms with E-state index in [1.165, 1.54) is 0 Å². The van der Waals surface area contributed by atoms with Gasteiger partial charge in [0.2, 0.25) is 5.91 Å². The summed E-state index contributed by atoms with van der Waals surface area (Å²) in [6.45, 7) is 12.9. The van der Waals surface area contributed by atoms with Crippen LogP contribution in [0.15, 0.2) is 0 Å². The van der Waals surface area contributed by atoms with Gasteiger partial charge in [0.05, 0.1) is 12.2 Å². The molecule has 1 aliphatic rings. The number of morpholine rings is 1. The van der Waals surface area contributed by atoms with Crippen LogP contribution in [0.1, 0.15) is 53.9 Å². The molecule has 0 aliphatic carbocycles. The lowest BCUT2D eigenvalue weighted by Crippen LogP contribution is -2.48. The maximum Gasteiger partial charge on any atom is 0.222 e. The van der Waals surface area contributed by atoms with Crippen molar-refractivity contribution in [2.24, 2.45) is 17.1 Å². The molecule has 0 aromatic heterocycles. The van der Waals surface area contributed by atoms with E-state index in [2.05, 4.69) is 20.8 Å². The summed E-state index contributed by atoms with van der Waals surface area (Å²) >= 11 is 0. The zero-order valence-electron chi connectivity index (χ0n) is 13.8. The smallest absolute Gasteiger partial charge is 0.222 e. The van der Waals surface area contributed by atoms with Crippen LogP contribution in [0.4, 0.5) is 0 Å². The van der Waals surface area contributed by atoms with Gasteiger partial charge in [-0.05, 0) is 44.6 Å². The third-order valence-electron chi connectivity index (χ3n) is 4.22. The van der Waals surface area contributed by atoms with E-state index in [1.807, 2.05) is 18.7 Å². The van der Waals surface area contributed by atoms with Crippen molar-refractivity contribution in [3.8, 4) is 0 Å². The molecule has 0 bridgehead atoms. The van der Waals surface area contributed by atoms with E-state index >= 15 is 0 Å². The molecule has 0 saturated carbocycles. The van der Waals surface area contributed by atoms with Gasteiger partial charge in [-0.25, -0.2) is 0 Å². The van der Waals surface area contributed by atoms with Crippen molar-refractivity contribution in [2.75, 3.05) is 19.6 Å². The first-order valence-electron chi connectivity index (χ1n) is 7.87. The summed E-state index contributed by atoms with van der Waals surface area (Å²) in [6, 6.07) is 0. The summed E-state index contributed by atoms with van der Waals surface area (Å²) in [6.07, 6.45) is 2.84. The van der Waals surface area contributed by atoms with Crippen LogP contribution in [0.5, 0.6) is 0 Å². The van der Waals surface area contributed by atoms with E-state index in [0.717, 1.165) is 25.9 Å². The van der Waals surface area contributed by atoms with Crippen molar-refractivity contribution in [3.05, 3.63) is 0 Å². The van der Waals surface area contributed by atoms with Crippen molar-refractivity contribution in [1.82, 2.24) is 4.90 Å². The quantitative estimate of drug-likeness (QED) is 0.843. The Bertz CT molecular complexity index is 302. The molecular formula is C16H32N2O2. The van der Waals surface area contributed by atoms with Gasteiger partial charge in [0.1, 0.15) is 0 Å². The van der Waals surface area contributed by atoms with Crippen LogP contribution < -0.4 is 5.73 Å². The molecule has 0 spiro atoms. The minimum atomic E-state index is 0.144. The van der Waals surface area contributed by atoms with Gasteiger partial charge in [-0.15, -0.1) is 0 Å². The third-order valence-corrected chi connectivity index (χ3v) is 4.22. The molecule has 1 unspecified atom stereocenters. The first kappa shape index (κ1) is 17.4. The molecule has 1 saturated heterocycles. The number of carbonyl (C=O) groups is 1. The lowest BCUT2D eigenvalue weighted by Gasteiger charge is -2.36. The van der Waals surface area contributed by atoms with Gasteiger partial charge < -0.3 is 15.4 Å². The van der Waals surface area contributed by atoms with Crippen molar-refractivity contribution < 1.29 is 9.53 Å². The lowest BCUT2D eigenvalue weighted by atomic mass is 9.76. The van der Waals surface area contributed by atoms with E-state index in [0.29, 0.717) is 18.9 Å². The van der Waals surface area contributed by atoms with E-state index < -0.39 is 0 Å². The highest BCUT2D eigenvalue weighted by atomic mass is 16.5. The molecule has 2 N–H and O–H groups in total. The fraction of sp³-hybridized carbons (Fsp3) is 0.938. The maximum atomic E-state index is 12.4. The molecule has 118 valence electrons. The Balaban J connectivity index is 2.48. The molecule has 1 aliphatic heterocycles. The highest BCUT2D eigenvalue weighted by Gasteiger charge is 2.28. The number of amides is 1. The summed E-state index contributed by atoms with van der Waals surface area (Å²) < 4.78 is 5.67. The lowest BCUT2D eigenvalue weighted by molar-refractivity contribution is -0.143. The second-order valence-electron chi connectivity index (χ2n) is 7.24. The van der Waals surface area contributed by atoms with Crippen LogP contribution in [-0.2, 0) is 9.53 Å². The molecule has 3 atom stereocenters. The highest BCUT2D eigenvalue weighted by Crippen LogP contribution is 2.32. The second-order valence-corrected chi connectivity index (χ2v) is 7.24.